The van der Waals surface area contributed by atoms with E-state index in [0.29, 0.717) is 10.0 Å². The first-order valence-corrected chi connectivity index (χ1v) is 10.0. The molecule has 0 saturated carbocycles. The van der Waals surface area contributed by atoms with Crippen molar-refractivity contribution in [1.82, 2.24) is 9.78 Å². The lowest BCUT2D eigenvalue weighted by Gasteiger charge is -2.11. The maximum Gasteiger partial charge on any atom is 0.230 e. The number of hydrogen-bond donors (Lipinski definition) is 1. The standard InChI is InChI=1S/C19H15Cl2N3OS/c20-13-5-7-14(8-6-13)24-19(15-10-26-11-17(15)23-24)22-18(25)9-12-3-1-2-4-16(12)21/h1-8H,9-11H2,(H,22,25). The predicted octanol–water partition coefficient (Wildman–Crippen LogP) is 5.11. The first-order valence-electron chi connectivity index (χ1n) is 8.09. The Morgan fingerprint density at radius 2 is 1.88 bits per heavy atom. The topological polar surface area (TPSA) is 46.9 Å². The fraction of sp³-hybridized carbons (Fsp3) is 0.158. The highest BCUT2D eigenvalue weighted by Crippen LogP contribution is 2.36. The van der Waals surface area contributed by atoms with Crippen LogP contribution in [0.5, 0.6) is 0 Å². The van der Waals surface area contributed by atoms with E-state index < -0.39 is 0 Å². The largest absolute Gasteiger partial charge is 0.310 e. The first kappa shape index (κ1) is 17.5. The molecule has 0 atom stereocenters. The number of aromatic nitrogens is 2. The lowest BCUT2D eigenvalue weighted by molar-refractivity contribution is -0.115. The van der Waals surface area contributed by atoms with Crippen LogP contribution < -0.4 is 5.32 Å². The number of halogens is 2. The molecule has 1 N–H and O–H groups in total. The van der Waals surface area contributed by atoms with Gasteiger partial charge in [0.2, 0.25) is 5.91 Å². The molecule has 1 amide bonds. The average Bonchev–Trinajstić information content (AvgIpc) is 3.21. The number of fused-ring (bicyclic) bond motifs is 1. The molecule has 132 valence electrons. The Morgan fingerprint density at radius 3 is 2.65 bits per heavy atom. The minimum atomic E-state index is -0.118. The zero-order valence-electron chi connectivity index (χ0n) is 13.7. The molecule has 0 saturated heterocycles. The Balaban J connectivity index is 1.64. The number of anilines is 1. The molecule has 4 nitrogen and oxygen atoms in total. The molecule has 26 heavy (non-hydrogen) atoms. The van der Waals surface area contributed by atoms with Gasteiger partial charge in [0.05, 0.1) is 17.8 Å². The number of carbonyl (C=O) groups is 1. The van der Waals surface area contributed by atoms with Crippen LogP contribution in [0.1, 0.15) is 16.8 Å². The van der Waals surface area contributed by atoms with Crippen LogP contribution in [-0.4, -0.2) is 15.7 Å². The van der Waals surface area contributed by atoms with Gasteiger partial charge in [-0.05, 0) is 35.9 Å². The summed E-state index contributed by atoms with van der Waals surface area (Å²) >= 11 is 14.0. The van der Waals surface area contributed by atoms with Gasteiger partial charge in [-0.25, -0.2) is 4.68 Å². The Bertz CT molecular complexity index is 969. The molecule has 0 aliphatic carbocycles. The molecular weight excluding hydrogens is 389 g/mol. The summed E-state index contributed by atoms with van der Waals surface area (Å²) in [7, 11) is 0. The van der Waals surface area contributed by atoms with Crippen molar-refractivity contribution >= 4 is 46.7 Å². The molecule has 0 unspecified atom stereocenters. The van der Waals surface area contributed by atoms with E-state index in [4.69, 9.17) is 23.2 Å². The fourth-order valence-electron chi connectivity index (χ4n) is 2.90. The molecule has 0 radical (unpaired) electrons. The number of thioether (sulfide) groups is 1. The lowest BCUT2D eigenvalue weighted by Crippen LogP contribution is -2.18. The van der Waals surface area contributed by atoms with Gasteiger partial charge < -0.3 is 5.32 Å². The molecule has 1 aromatic heterocycles. The third-order valence-corrected chi connectivity index (χ3v) is 5.78. The highest BCUT2D eigenvalue weighted by molar-refractivity contribution is 7.98. The van der Waals surface area contributed by atoms with Crippen LogP contribution in [0.4, 0.5) is 5.82 Å². The summed E-state index contributed by atoms with van der Waals surface area (Å²) in [5.74, 6) is 2.30. The van der Waals surface area contributed by atoms with Gasteiger partial charge in [0.25, 0.3) is 0 Å². The molecule has 0 fully saturated rings. The lowest BCUT2D eigenvalue weighted by atomic mass is 10.1. The Hall–Kier alpha value is -1.95. The van der Waals surface area contributed by atoms with E-state index in [1.807, 2.05) is 42.5 Å². The molecular formula is C19H15Cl2N3OS. The van der Waals surface area contributed by atoms with Crippen LogP contribution in [-0.2, 0) is 22.7 Å². The van der Waals surface area contributed by atoms with Crippen molar-refractivity contribution in [1.29, 1.82) is 0 Å². The molecule has 2 heterocycles. The molecule has 1 aliphatic heterocycles. The van der Waals surface area contributed by atoms with Crippen LogP contribution >= 0.6 is 35.0 Å². The minimum Gasteiger partial charge on any atom is -0.310 e. The molecule has 0 bridgehead atoms. The summed E-state index contributed by atoms with van der Waals surface area (Å²) < 4.78 is 1.78. The van der Waals surface area contributed by atoms with E-state index >= 15 is 0 Å². The second kappa shape index (κ2) is 7.35. The Labute approximate surface area is 165 Å². The number of nitrogens with one attached hydrogen (secondary N) is 1. The van der Waals surface area contributed by atoms with Gasteiger partial charge in [-0.2, -0.15) is 16.9 Å². The van der Waals surface area contributed by atoms with Crippen molar-refractivity contribution in [3.63, 3.8) is 0 Å². The van der Waals surface area contributed by atoms with Crippen LogP contribution in [0.25, 0.3) is 5.69 Å². The van der Waals surface area contributed by atoms with Gasteiger partial charge in [0.1, 0.15) is 5.82 Å². The number of amides is 1. The summed E-state index contributed by atoms with van der Waals surface area (Å²) in [6.45, 7) is 0. The van der Waals surface area contributed by atoms with E-state index in [0.717, 1.165) is 39.8 Å². The molecule has 4 rings (SSSR count). The molecule has 1 aliphatic rings. The van der Waals surface area contributed by atoms with Crippen molar-refractivity contribution in [2.24, 2.45) is 0 Å². The van der Waals surface area contributed by atoms with Gasteiger partial charge in [-0.1, -0.05) is 41.4 Å². The van der Waals surface area contributed by atoms with Crippen LogP contribution in [0.3, 0.4) is 0 Å². The van der Waals surface area contributed by atoms with Crippen molar-refractivity contribution in [2.45, 2.75) is 17.9 Å². The van der Waals surface area contributed by atoms with Crippen molar-refractivity contribution in [2.75, 3.05) is 5.32 Å². The molecule has 0 spiro atoms. The number of hydrogen-bond acceptors (Lipinski definition) is 3. The van der Waals surface area contributed by atoms with Crippen molar-refractivity contribution in [3.8, 4) is 5.69 Å². The summed E-state index contributed by atoms with van der Waals surface area (Å²) in [5, 5.41) is 8.97. The zero-order chi connectivity index (χ0) is 18.1. The molecule has 3 aromatic rings. The quantitative estimate of drug-likeness (QED) is 0.658. The van der Waals surface area contributed by atoms with Crippen LogP contribution in [0, 0.1) is 0 Å². The summed E-state index contributed by atoms with van der Waals surface area (Å²) in [6, 6.07) is 14.8. The zero-order valence-corrected chi connectivity index (χ0v) is 16.0. The maximum absolute atomic E-state index is 12.6. The van der Waals surface area contributed by atoms with Crippen LogP contribution in [0.15, 0.2) is 48.5 Å². The van der Waals surface area contributed by atoms with E-state index in [-0.39, 0.29) is 12.3 Å². The van der Waals surface area contributed by atoms with Crippen molar-refractivity contribution in [3.05, 3.63) is 75.4 Å². The number of carbonyl (C=O) groups excluding carboxylic acids is 1. The Kier molecular flexibility index (Phi) is 4.94. The average molecular weight is 404 g/mol. The number of nitrogens with zero attached hydrogens (tertiary/aromatic N) is 2. The monoisotopic (exact) mass is 403 g/mol. The van der Waals surface area contributed by atoms with Gasteiger partial charge in [0, 0.05) is 27.1 Å². The van der Waals surface area contributed by atoms with Gasteiger partial charge in [0.15, 0.2) is 0 Å². The highest BCUT2D eigenvalue weighted by Gasteiger charge is 2.24. The van der Waals surface area contributed by atoms with Gasteiger partial charge in [-0.15, -0.1) is 0 Å². The predicted molar refractivity (Wildman–Crippen MR) is 107 cm³/mol. The van der Waals surface area contributed by atoms with Crippen LogP contribution in [0.2, 0.25) is 10.0 Å². The number of benzene rings is 2. The molecule has 7 heteroatoms. The second-order valence-corrected chi connectivity index (χ2v) is 7.80. The number of rotatable bonds is 4. The summed E-state index contributed by atoms with van der Waals surface area (Å²) in [4.78, 5) is 12.6. The SMILES string of the molecule is O=C(Cc1ccccc1Cl)Nc1c2c(nn1-c1ccc(Cl)cc1)CSC2. The smallest absolute Gasteiger partial charge is 0.230 e. The van der Waals surface area contributed by atoms with E-state index in [9.17, 15) is 4.79 Å². The highest BCUT2D eigenvalue weighted by atomic mass is 35.5. The summed E-state index contributed by atoms with van der Waals surface area (Å²) in [6.07, 6.45) is 0.216. The molecule has 2 aromatic carbocycles. The van der Waals surface area contributed by atoms with Gasteiger partial charge >= 0.3 is 0 Å². The fourth-order valence-corrected chi connectivity index (χ4v) is 4.26. The third-order valence-electron chi connectivity index (χ3n) is 4.19. The third kappa shape index (κ3) is 3.47. The first-order chi connectivity index (χ1) is 12.6. The van der Waals surface area contributed by atoms with E-state index in [1.54, 1.807) is 22.5 Å². The Morgan fingerprint density at radius 1 is 1.12 bits per heavy atom. The summed E-state index contributed by atoms with van der Waals surface area (Å²) in [5.41, 5.74) is 3.76. The van der Waals surface area contributed by atoms with Gasteiger partial charge in [-0.3, -0.25) is 4.79 Å². The normalized spacial score (nSPS) is 12.8. The second-order valence-electron chi connectivity index (χ2n) is 5.97. The maximum atomic E-state index is 12.6. The van der Waals surface area contributed by atoms with E-state index in [1.165, 1.54) is 0 Å². The van der Waals surface area contributed by atoms with Crippen molar-refractivity contribution < 1.29 is 4.79 Å². The minimum absolute atomic E-state index is 0.118. The van der Waals surface area contributed by atoms with E-state index in [2.05, 4.69) is 10.4 Å².